The lowest BCUT2D eigenvalue weighted by Crippen LogP contribution is -2.34. The molecule has 1 aromatic rings. The van der Waals surface area contributed by atoms with Gasteiger partial charge in [0.05, 0.1) is 12.1 Å². The molecular weight excluding hydrogens is 281 g/mol. The van der Waals surface area contributed by atoms with Crippen molar-refractivity contribution < 1.29 is 5.11 Å². The molecule has 0 bridgehead atoms. The topological polar surface area (TPSA) is 46.2 Å². The second kappa shape index (κ2) is 7.49. The summed E-state index contributed by atoms with van der Waals surface area (Å²) in [6, 6.07) is 5.39. The molecule has 1 saturated carbocycles. The molecule has 1 aromatic carbocycles. The Morgan fingerprint density at radius 3 is 2.47 bits per heavy atom. The van der Waals surface area contributed by atoms with Crippen LogP contribution in [0.4, 0.5) is 0 Å². The minimum Gasteiger partial charge on any atom is -0.391 e. The molecule has 2 rings (SSSR count). The average Bonchev–Trinajstić information content (AvgIpc) is 2.38. The molecule has 0 spiro atoms. The van der Waals surface area contributed by atoms with Crippen LogP contribution in [0.5, 0.6) is 0 Å². The van der Waals surface area contributed by atoms with Crippen LogP contribution in [-0.4, -0.2) is 11.2 Å². The number of rotatable bonds is 3. The third kappa shape index (κ3) is 4.09. The Balaban J connectivity index is 0.00000180. The van der Waals surface area contributed by atoms with Crippen molar-refractivity contribution in [3.8, 4) is 0 Å². The summed E-state index contributed by atoms with van der Waals surface area (Å²) in [6.45, 7) is 1.99. The number of nitrogens with two attached hydrogens (primary N) is 1. The van der Waals surface area contributed by atoms with Gasteiger partial charge in [-0.15, -0.1) is 12.4 Å². The van der Waals surface area contributed by atoms with Crippen molar-refractivity contribution in [2.45, 2.75) is 51.2 Å². The SMILES string of the molecule is Cc1cc(Cl)ccc1[C@@H](N)[C@@H](O)C1CCCCC1.Cl. The van der Waals surface area contributed by atoms with Gasteiger partial charge in [0.1, 0.15) is 0 Å². The molecule has 2 atom stereocenters. The van der Waals surface area contributed by atoms with E-state index in [4.69, 9.17) is 17.3 Å². The van der Waals surface area contributed by atoms with Gasteiger partial charge in [-0.2, -0.15) is 0 Å². The fourth-order valence-electron chi connectivity index (χ4n) is 2.97. The molecule has 1 aliphatic rings. The summed E-state index contributed by atoms with van der Waals surface area (Å²) >= 11 is 5.95. The van der Waals surface area contributed by atoms with Crippen LogP contribution in [-0.2, 0) is 0 Å². The zero-order valence-corrected chi connectivity index (χ0v) is 12.9. The van der Waals surface area contributed by atoms with Crippen molar-refractivity contribution in [2.75, 3.05) is 0 Å². The van der Waals surface area contributed by atoms with Gasteiger partial charge in [-0.05, 0) is 48.9 Å². The summed E-state index contributed by atoms with van der Waals surface area (Å²) < 4.78 is 0. The highest BCUT2D eigenvalue weighted by atomic mass is 35.5. The molecule has 0 heterocycles. The van der Waals surface area contributed by atoms with E-state index < -0.39 is 6.10 Å². The van der Waals surface area contributed by atoms with Gasteiger partial charge in [-0.25, -0.2) is 0 Å². The summed E-state index contributed by atoms with van der Waals surface area (Å²) in [5, 5.41) is 11.1. The monoisotopic (exact) mass is 303 g/mol. The van der Waals surface area contributed by atoms with Gasteiger partial charge in [0, 0.05) is 5.02 Å². The molecule has 4 heteroatoms. The Morgan fingerprint density at radius 2 is 1.89 bits per heavy atom. The van der Waals surface area contributed by atoms with E-state index in [0.29, 0.717) is 5.92 Å². The van der Waals surface area contributed by atoms with Gasteiger partial charge in [-0.3, -0.25) is 0 Å². The van der Waals surface area contributed by atoms with Crippen molar-refractivity contribution in [1.29, 1.82) is 0 Å². The molecule has 3 N–H and O–H groups in total. The van der Waals surface area contributed by atoms with Crippen LogP contribution >= 0.6 is 24.0 Å². The van der Waals surface area contributed by atoms with E-state index in [1.807, 2.05) is 25.1 Å². The molecule has 0 aliphatic heterocycles. The average molecular weight is 304 g/mol. The summed E-state index contributed by atoms with van der Waals surface area (Å²) in [7, 11) is 0. The minimum atomic E-state index is -0.440. The first kappa shape index (κ1) is 16.8. The van der Waals surface area contributed by atoms with Crippen LogP contribution in [0.3, 0.4) is 0 Å². The quantitative estimate of drug-likeness (QED) is 0.886. The largest absolute Gasteiger partial charge is 0.391 e. The number of aliphatic hydroxyl groups is 1. The lowest BCUT2D eigenvalue weighted by atomic mass is 9.81. The number of benzene rings is 1. The number of aliphatic hydroxyl groups excluding tert-OH is 1. The lowest BCUT2D eigenvalue weighted by Gasteiger charge is -2.31. The van der Waals surface area contributed by atoms with Crippen LogP contribution in [0.25, 0.3) is 0 Å². The zero-order valence-electron chi connectivity index (χ0n) is 11.3. The number of aryl methyl sites for hydroxylation is 1. The van der Waals surface area contributed by atoms with Gasteiger partial charge in [0.25, 0.3) is 0 Å². The van der Waals surface area contributed by atoms with E-state index in [2.05, 4.69) is 0 Å². The van der Waals surface area contributed by atoms with Crippen molar-refractivity contribution in [2.24, 2.45) is 11.7 Å². The fourth-order valence-corrected chi connectivity index (χ4v) is 3.19. The maximum atomic E-state index is 10.4. The second-order valence-corrected chi connectivity index (χ2v) is 5.85. The van der Waals surface area contributed by atoms with Crippen molar-refractivity contribution in [1.82, 2.24) is 0 Å². The summed E-state index contributed by atoms with van der Waals surface area (Å²) in [5.41, 5.74) is 8.30. The van der Waals surface area contributed by atoms with Gasteiger partial charge < -0.3 is 10.8 Å². The minimum absolute atomic E-state index is 0. The van der Waals surface area contributed by atoms with E-state index in [1.54, 1.807) is 0 Å². The third-order valence-electron chi connectivity index (χ3n) is 4.09. The first-order valence-electron chi connectivity index (χ1n) is 6.79. The van der Waals surface area contributed by atoms with E-state index in [-0.39, 0.29) is 18.4 Å². The first-order chi connectivity index (χ1) is 8.59. The Kier molecular flexibility index (Phi) is 6.61. The van der Waals surface area contributed by atoms with Crippen LogP contribution in [0, 0.1) is 12.8 Å². The molecule has 0 aromatic heterocycles. The maximum Gasteiger partial charge on any atom is 0.0760 e. The lowest BCUT2D eigenvalue weighted by molar-refractivity contribution is 0.0616. The Labute approximate surface area is 126 Å². The van der Waals surface area contributed by atoms with E-state index >= 15 is 0 Å². The zero-order chi connectivity index (χ0) is 13.1. The smallest absolute Gasteiger partial charge is 0.0760 e. The summed E-state index contributed by atoms with van der Waals surface area (Å²) in [5.74, 6) is 0.351. The van der Waals surface area contributed by atoms with Crippen molar-refractivity contribution >= 4 is 24.0 Å². The Morgan fingerprint density at radius 1 is 1.26 bits per heavy atom. The molecule has 0 amide bonds. The van der Waals surface area contributed by atoms with Gasteiger partial charge in [0.15, 0.2) is 0 Å². The normalized spacial score (nSPS) is 19.6. The van der Waals surface area contributed by atoms with E-state index in [1.165, 1.54) is 19.3 Å². The van der Waals surface area contributed by atoms with Crippen molar-refractivity contribution in [3.63, 3.8) is 0 Å². The maximum absolute atomic E-state index is 10.4. The molecule has 19 heavy (non-hydrogen) atoms. The van der Waals surface area contributed by atoms with Gasteiger partial charge in [0.2, 0.25) is 0 Å². The molecular formula is C15H23Cl2NO. The molecule has 1 fully saturated rings. The third-order valence-corrected chi connectivity index (χ3v) is 4.33. The second-order valence-electron chi connectivity index (χ2n) is 5.42. The predicted molar refractivity (Wildman–Crippen MR) is 82.9 cm³/mol. The number of halogens is 2. The molecule has 0 saturated heterocycles. The molecule has 0 unspecified atom stereocenters. The standard InChI is InChI=1S/C15H22ClNO.ClH/c1-10-9-12(16)7-8-13(10)14(17)15(18)11-5-3-2-4-6-11;/h7-9,11,14-15,18H,2-6,17H2,1H3;1H/t14-,15+;/m1./s1. The van der Waals surface area contributed by atoms with Crippen molar-refractivity contribution in [3.05, 3.63) is 34.3 Å². The predicted octanol–water partition coefficient (Wildman–Crippen LogP) is 4.01. The Hall–Kier alpha value is -0.280. The molecule has 2 nitrogen and oxygen atoms in total. The van der Waals surface area contributed by atoms with Crippen LogP contribution in [0.15, 0.2) is 18.2 Å². The van der Waals surface area contributed by atoms with Crippen LogP contribution in [0.1, 0.15) is 49.3 Å². The Bertz CT molecular complexity index is 405. The van der Waals surface area contributed by atoms with Crippen LogP contribution < -0.4 is 5.73 Å². The summed E-state index contributed by atoms with van der Waals surface area (Å²) in [4.78, 5) is 0. The van der Waals surface area contributed by atoms with E-state index in [9.17, 15) is 5.11 Å². The van der Waals surface area contributed by atoms with E-state index in [0.717, 1.165) is 29.0 Å². The highest BCUT2D eigenvalue weighted by Gasteiger charge is 2.28. The summed E-state index contributed by atoms with van der Waals surface area (Å²) in [6.07, 6.45) is 5.48. The highest BCUT2D eigenvalue weighted by Crippen LogP contribution is 2.32. The van der Waals surface area contributed by atoms with Crippen LogP contribution in [0.2, 0.25) is 5.02 Å². The highest BCUT2D eigenvalue weighted by molar-refractivity contribution is 6.30. The number of hydrogen-bond acceptors (Lipinski definition) is 2. The van der Waals surface area contributed by atoms with Gasteiger partial charge in [-0.1, -0.05) is 36.9 Å². The fraction of sp³-hybridized carbons (Fsp3) is 0.600. The first-order valence-corrected chi connectivity index (χ1v) is 7.17. The van der Waals surface area contributed by atoms with Gasteiger partial charge >= 0.3 is 0 Å². The molecule has 108 valence electrons. The molecule has 1 aliphatic carbocycles. The number of hydrogen-bond donors (Lipinski definition) is 2. The molecule has 0 radical (unpaired) electrons.